The van der Waals surface area contributed by atoms with Gasteiger partial charge < -0.3 is 4.74 Å². The fourth-order valence-corrected chi connectivity index (χ4v) is 2.70. The lowest BCUT2D eigenvalue weighted by Crippen LogP contribution is -2.31. The Kier molecular flexibility index (Phi) is 1.48. The Morgan fingerprint density at radius 1 is 1.54 bits per heavy atom. The first-order chi connectivity index (χ1) is 6.00. The van der Waals surface area contributed by atoms with Gasteiger partial charge in [-0.1, -0.05) is 0 Å². The van der Waals surface area contributed by atoms with E-state index in [9.17, 15) is 4.79 Å². The van der Waals surface area contributed by atoms with Gasteiger partial charge in [0.1, 0.15) is 5.60 Å². The standard InChI is InChI=1S/C10H13NO2/c1-9(6-11)3-4-10(2)7(9)5-8(12)13-10/h7H,3-5H2,1-2H3/t7-,9+,10+/m0/s1. The molecule has 0 spiro atoms. The molecule has 1 aliphatic heterocycles. The Balaban J connectivity index is 2.35. The molecule has 0 aromatic carbocycles. The predicted molar refractivity (Wildman–Crippen MR) is 45.6 cm³/mol. The van der Waals surface area contributed by atoms with Crippen molar-refractivity contribution in [1.29, 1.82) is 5.26 Å². The van der Waals surface area contributed by atoms with Crippen molar-refractivity contribution in [2.24, 2.45) is 11.3 Å². The molecule has 1 aliphatic carbocycles. The van der Waals surface area contributed by atoms with Crippen molar-refractivity contribution in [3.63, 3.8) is 0 Å². The van der Waals surface area contributed by atoms with E-state index in [2.05, 4.69) is 6.07 Å². The van der Waals surface area contributed by atoms with Crippen LogP contribution in [0.5, 0.6) is 0 Å². The SMILES string of the molecule is C[C@]1(C#N)CC[C@@]2(C)OC(=O)C[C@@H]12. The van der Waals surface area contributed by atoms with E-state index in [1.54, 1.807) is 0 Å². The summed E-state index contributed by atoms with van der Waals surface area (Å²) in [5, 5.41) is 9.06. The molecule has 0 aromatic rings. The molecule has 3 atom stereocenters. The van der Waals surface area contributed by atoms with Gasteiger partial charge >= 0.3 is 5.97 Å². The third-order valence-corrected chi connectivity index (χ3v) is 3.62. The van der Waals surface area contributed by atoms with Crippen LogP contribution in [-0.4, -0.2) is 11.6 Å². The van der Waals surface area contributed by atoms with Gasteiger partial charge in [0.15, 0.2) is 0 Å². The molecule has 0 N–H and O–H groups in total. The molecule has 3 nitrogen and oxygen atoms in total. The van der Waals surface area contributed by atoms with Crippen molar-refractivity contribution >= 4 is 5.97 Å². The highest BCUT2D eigenvalue weighted by molar-refractivity contribution is 5.73. The zero-order chi connectivity index (χ0) is 9.69. The van der Waals surface area contributed by atoms with E-state index in [1.165, 1.54) is 0 Å². The molecule has 2 aliphatic rings. The Labute approximate surface area is 77.7 Å². The topological polar surface area (TPSA) is 50.1 Å². The second kappa shape index (κ2) is 2.25. The second-order valence-corrected chi connectivity index (χ2v) is 4.57. The van der Waals surface area contributed by atoms with E-state index in [0.717, 1.165) is 12.8 Å². The summed E-state index contributed by atoms with van der Waals surface area (Å²) in [4.78, 5) is 11.1. The maximum Gasteiger partial charge on any atom is 0.306 e. The first kappa shape index (κ1) is 8.55. The van der Waals surface area contributed by atoms with Gasteiger partial charge in [0.05, 0.1) is 17.9 Å². The zero-order valence-corrected chi connectivity index (χ0v) is 7.96. The van der Waals surface area contributed by atoms with Crippen LogP contribution in [0, 0.1) is 22.7 Å². The summed E-state index contributed by atoms with van der Waals surface area (Å²) in [5.41, 5.74) is -0.720. The maximum absolute atomic E-state index is 11.1. The minimum absolute atomic E-state index is 0.0949. The van der Waals surface area contributed by atoms with Gasteiger partial charge in [-0.3, -0.25) is 4.79 Å². The quantitative estimate of drug-likeness (QED) is 0.531. The fourth-order valence-electron chi connectivity index (χ4n) is 2.70. The largest absolute Gasteiger partial charge is 0.459 e. The molecule has 1 saturated carbocycles. The molecule has 13 heavy (non-hydrogen) atoms. The van der Waals surface area contributed by atoms with Crippen LogP contribution < -0.4 is 0 Å². The minimum Gasteiger partial charge on any atom is -0.459 e. The van der Waals surface area contributed by atoms with E-state index in [-0.39, 0.29) is 22.9 Å². The smallest absolute Gasteiger partial charge is 0.306 e. The lowest BCUT2D eigenvalue weighted by Gasteiger charge is -2.26. The number of carbonyl (C=O) groups excluding carboxylic acids is 1. The number of hydrogen-bond acceptors (Lipinski definition) is 3. The maximum atomic E-state index is 11.1. The number of ether oxygens (including phenoxy) is 1. The molecule has 1 saturated heterocycles. The highest BCUT2D eigenvalue weighted by Gasteiger charge is 2.59. The van der Waals surface area contributed by atoms with Crippen molar-refractivity contribution in [2.45, 2.75) is 38.7 Å². The molecule has 1 heterocycles. The Bertz CT molecular complexity index is 307. The van der Waals surface area contributed by atoms with E-state index in [4.69, 9.17) is 10.00 Å². The monoisotopic (exact) mass is 179 g/mol. The van der Waals surface area contributed by atoms with Crippen LogP contribution in [0.4, 0.5) is 0 Å². The normalized spacial score (nSPS) is 48.4. The van der Waals surface area contributed by atoms with E-state index in [0.29, 0.717) is 6.42 Å². The first-order valence-electron chi connectivity index (χ1n) is 4.63. The van der Waals surface area contributed by atoms with Crippen LogP contribution in [-0.2, 0) is 9.53 Å². The van der Waals surface area contributed by atoms with Crippen LogP contribution in [0.2, 0.25) is 0 Å². The molecule has 0 radical (unpaired) electrons. The third kappa shape index (κ3) is 0.980. The van der Waals surface area contributed by atoms with Gasteiger partial charge in [-0.2, -0.15) is 5.26 Å². The number of nitriles is 1. The van der Waals surface area contributed by atoms with Crippen LogP contribution in [0.3, 0.4) is 0 Å². The summed E-state index contributed by atoms with van der Waals surface area (Å²) in [5.74, 6) is -0.0498. The summed E-state index contributed by atoms with van der Waals surface area (Å²) in [7, 11) is 0. The van der Waals surface area contributed by atoms with E-state index in [1.807, 2.05) is 13.8 Å². The van der Waals surface area contributed by atoms with Crippen molar-refractivity contribution in [3.05, 3.63) is 0 Å². The number of nitrogens with zero attached hydrogens (tertiary/aromatic N) is 1. The second-order valence-electron chi connectivity index (χ2n) is 4.57. The van der Waals surface area contributed by atoms with E-state index >= 15 is 0 Å². The van der Waals surface area contributed by atoms with Crippen LogP contribution in [0.25, 0.3) is 0 Å². The summed E-state index contributed by atoms with van der Waals surface area (Å²) < 4.78 is 5.28. The lowest BCUT2D eigenvalue weighted by molar-refractivity contribution is -0.147. The minimum atomic E-state index is -0.360. The molecule has 0 amide bonds. The lowest BCUT2D eigenvalue weighted by atomic mass is 9.76. The van der Waals surface area contributed by atoms with Crippen molar-refractivity contribution in [2.75, 3.05) is 0 Å². The molecule has 0 aromatic heterocycles. The van der Waals surface area contributed by atoms with Gasteiger partial charge in [-0.25, -0.2) is 0 Å². The van der Waals surface area contributed by atoms with Gasteiger partial charge in [0.25, 0.3) is 0 Å². The van der Waals surface area contributed by atoms with Gasteiger partial charge in [0, 0.05) is 5.92 Å². The fraction of sp³-hybridized carbons (Fsp3) is 0.800. The van der Waals surface area contributed by atoms with Crippen LogP contribution in [0.15, 0.2) is 0 Å². The average molecular weight is 179 g/mol. The molecule has 70 valence electrons. The molecule has 0 bridgehead atoms. The van der Waals surface area contributed by atoms with Crippen molar-refractivity contribution < 1.29 is 9.53 Å². The number of fused-ring (bicyclic) bond motifs is 1. The summed E-state index contributed by atoms with van der Waals surface area (Å²) in [6, 6.07) is 2.33. The summed E-state index contributed by atoms with van der Waals surface area (Å²) in [6.07, 6.45) is 2.09. The number of esters is 1. The summed E-state index contributed by atoms with van der Waals surface area (Å²) in [6.45, 7) is 3.88. The van der Waals surface area contributed by atoms with Crippen molar-refractivity contribution in [3.8, 4) is 6.07 Å². The molecule has 2 rings (SSSR count). The number of rotatable bonds is 0. The van der Waals surface area contributed by atoms with Crippen LogP contribution >= 0.6 is 0 Å². The first-order valence-corrected chi connectivity index (χ1v) is 4.63. The Morgan fingerprint density at radius 3 is 2.85 bits per heavy atom. The Morgan fingerprint density at radius 2 is 2.23 bits per heavy atom. The van der Waals surface area contributed by atoms with Gasteiger partial charge in [-0.15, -0.1) is 0 Å². The van der Waals surface area contributed by atoms with E-state index < -0.39 is 0 Å². The number of carbonyl (C=O) groups is 1. The van der Waals surface area contributed by atoms with Gasteiger partial charge in [0.2, 0.25) is 0 Å². The zero-order valence-electron chi connectivity index (χ0n) is 7.96. The molecule has 2 fully saturated rings. The Hall–Kier alpha value is -1.04. The average Bonchev–Trinajstić information content (AvgIpc) is 2.49. The number of hydrogen-bond donors (Lipinski definition) is 0. The molecule has 3 heteroatoms. The summed E-state index contributed by atoms with van der Waals surface area (Å²) >= 11 is 0. The predicted octanol–water partition coefficient (Wildman–Crippen LogP) is 1.63. The molecule has 0 unspecified atom stereocenters. The van der Waals surface area contributed by atoms with Gasteiger partial charge in [-0.05, 0) is 26.7 Å². The molecular formula is C10H13NO2. The third-order valence-electron chi connectivity index (χ3n) is 3.62. The highest BCUT2D eigenvalue weighted by atomic mass is 16.6. The van der Waals surface area contributed by atoms with Crippen LogP contribution in [0.1, 0.15) is 33.1 Å². The van der Waals surface area contributed by atoms with Crippen molar-refractivity contribution in [1.82, 2.24) is 0 Å². The molecular weight excluding hydrogens is 166 g/mol. The highest BCUT2D eigenvalue weighted by Crippen LogP contribution is 2.55.